The minimum absolute atomic E-state index is 0.0538. The largest absolute Gasteiger partial charge is 0.484 e. The lowest BCUT2D eigenvalue weighted by Crippen LogP contribution is -2.27. The van der Waals surface area contributed by atoms with Gasteiger partial charge in [0.15, 0.2) is 6.61 Å². The number of hydrogen-bond donors (Lipinski definition) is 1. The van der Waals surface area contributed by atoms with Gasteiger partial charge in [0, 0.05) is 26.7 Å². The molecule has 0 aliphatic rings. The SMILES string of the molecule is CN(C)C(=O)COc1cccc(CNc2nc3ccccn3c2[N+](=O)[O-])c1. The first kappa shape index (κ1) is 18.2. The Morgan fingerprint density at radius 2 is 2.11 bits per heavy atom. The zero-order valence-electron chi connectivity index (χ0n) is 15.0. The fraction of sp³-hybridized carbons (Fsp3) is 0.222. The summed E-state index contributed by atoms with van der Waals surface area (Å²) in [5, 5.41) is 14.4. The molecule has 2 heterocycles. The number of nitrogens with zero attached hydrogens (tertiary/aromatic N) is 4. The number of imidazole rings is 1. The maximum atomic E-state index is 11.6. The molecule has 2 aromatic heterocycles. The smallest absolute Gasteiger partial charge is 0.372 e. The number of nitro groups is 1. The Hall–Kier alpha value is -3.62. The van der Waals surface area contributed by atoms with Gasteiger partial charge in [0.25, 0.3) is 5.91 Å². The molecule has 0 aliphatic heterocycles. The van der Waals surface area contributed by atoms with Crippen LogP contribution in [0.4, 0.5) is 11.6 Å². The van der Waals surface area contributed by atoms with Gasteiger partial charge in [-0.1, -0.05) is 18.2 Å². The van der Waals surface area contributed by atoms with Crippen LogP contribution in [0.25, 0.3) is 5.65 Å². The van der Waals surface area contributed by atoms with E-state index in [1.165, 1.54) is 9.30 Å². The molecule has 0 atom stereocenters. The summed E-state index contributed by atoms with van der Waals surface area (Å²) in [6.45, 7) is 0.269. The average Bonchev–Trinajstić information content (AvgIpc) is 3.03. The van der Waals surface area contributed by atoms with Crippen molar-refractivity contribution in [2.45, 2.75) is 6.54 Å². The van der Waals surface area contributed by atoms with Gasteiger partial charge in [0.1, 0.15) is 5.75 Å². The molecule has 27 heavy (non-hydrogen) atoms. The van der Waals surface area contributed by atoms with E-state index >= 15 is 0 Å². The monoisotopic (exact) mass is 369 g/mol. The van der Waals surface area contributed by atoms with E-state index in [-0.39, 0.29) is 24.1 Å². The number of ether oxygens (including phenoxy) is 1. The maximum absolute atomic E-state index is 11.6. The predicted octanol–water partition coefficient (Wildman–Crippen LogP) is 2.32. The van der Waals surface area contributed by atoms with E-state index in [2.05, 4.69) is 10.3 Å². The van der Waals surface area contributed by atoms with Crippen LogP contribution in [0.1, 0.15) is 5.56 Å². The Morgan fingerprint density at radius 3 is 2.85 bits per heavy atom. The molecule has 0 aliphatic carbocycles. The van der Waals surface area contributed by atoms with E-state index in [0.29, 0.717) is 17.9 Å². The van der Waals surface area contributed by atoms with Gasteiger partial charge in [-0.05, 0) is 28.7 Å². The minimum atomic E-state index is -0.464. The van der Waals surface area contributed by atoms with Crippen LogP contribution in [-0.2, 0) is 11.3 Å². The van der Waals surface area contributed by atoms with E-state index in [1.807, 2.05) is 6.07 Å². The highest BCUT2D eigenvalue weighted by atomic mass is 16.6. The van der Waals surface area contributed by atoms with Crippen LogP contribution in [0, 0.1) is 10.1 Å². The molecule has 1 N–H and O–H groups in total. The van der Waals surface area contributed by atoms with Gasteiger partial charge in [0.2, 0.25) is 11.5 Å². The van der Waals surface area contributed by atoms with Crippen molar-refractivity contribution in [3.8, 4) is 5.75 Å². The van der Waals surface area contributed by atoms with E-state index in [9.17, 15) is 14.9 Å². The predicted molar refractivity (Wildman–Crippen MR) is 99.8 cm³/mol. The van der Waals surface area contributed by atoms with Gasteiger partial charge in [-0.3, -0.25) is 4.79 Å². The third-order valence-electron chi connectivity index (χ3n) is 3.90. The van der Waals surface area contributed by atoms with Crippen molar-refractivity contribution in [3.63, 3.8) is 0 Å². The molecule has 9 heteroatoms. The highest BCUT2D eigenvalue weighted by Crippen LogP contribution is 2.26. The van der Waals surface area contributed by atoms with Gasteiger partial charge >= 0.3 is 5.82 Å². The molecule has 140 valence electrons. The summed E-state index contributed by atoms with van der Waals surface area (Å²) in [5.74, 6) is 0.489. The first-order chi connectivity index (χ1) is 13.0. The topological polar surface area (TPSA) is 102 Å². The molecule has 0 spiro atoms. The number of fused-ring (bicyclic) bond motifs is 1. The maximum Gasteiger partial charge on any atom is 0.372 e. The lowest BCUT2D eigenvalue weighted by Gasteiger charge is -2.12. The highest BCUT2D eigenvalue weighted by Gasteiger charge is 2.21. The number of carbonyl (C=O) groups excluding carboxylic acids is 1. The molecular weight excluding hydrogens is 350 g/mol. The normalized spacial score (nSPS) is 10.6. The number of nitrogens with one attached hydrogen (secondary N) is 1. The first-order valence-electron chi connectivity index (χ1n) is 8.23. The quantitative estimate of drug-likeness (QED) is 0.506. The van der Waals surface area contributed by atoms with Crippen molar-refractivity contribution in [1.82, 2.24) is 14.3 Å². The van der Waals surface area contributed by atoms with Crippen molar-refractivity contribution in [3.05, 3.63) is 64.3 Å². The average molecular weight is 369 g/mol. The van der Waals surface area contributed by atoms with Gasteiger partial charge in [-0.2, -0.15) is 9.38 Å². The molecule has 0 radical (unpaired) electrons. The highest BCUT2D eigenvalue weighted by molar-refractivity contribution is 5.77. The Bertz CT molecular complexity index is 983. The van der Waals surface area contributed by atoms with Crippen LogP contribution in [0.15, 0.2) is 48.7 Å². The summed E-state index contributed by atoms with van der Waals surface area (Å²) in [7, 11) is 3.32. The third kappa shape index (κ3) is 4.14. The summed E-state index contributed by atoms with van der Waals surface area (Å²) in [4.78, 5) is 28.3. The number of pyridine rings is 1. The van der Waals surface area contributed by atoms with Crippen LogP contribution in [0.5, 0.6) is 5.75 Å². The number of aromatic nitrogens is 2. The van der Waals surface area contributed by atoms with Crippen LogP contribution >= 0.6 is 0 Å². The third-order valence-corrected chi connectivity index (χ3v) is 3.90. The summed E-state index contributed by atoms with van der Waals surface area (Å²) in [6, 6.07) is 12.4. The van der Waals surface area contributed by atoms with Crippen molar-refractivity contribution < 1.29 is 14.5 Å². The van der Waals surface area contributed by atoms with Crippen LogP contribution in [0.3, 0.4) is 0 Å². The van der Waals surface area contributed by atoms with Crippen molar-refractivity contribution in [2.75, 3.05) is 26.0 Å². The van der Waals surface area contributed by atoms with E-state index in [4.69, 9.17) is 4.74 Å². The second-order valence-electron chi connectivity index (χ2n) is 6.05. The molecule has 3 rings (SSSR count). The van der Waals surface area contributed by atoms with Crippen LogP contribution in [-0.4, -0.2) is 45.8 Å². The van der Waals surface area contributed by atoms with E-state index < -0.39 is 4.92 Å². The molecule has 0 saturated heterocycles. The minimum Gasteiger partial charge on any atom is -0.484 e. The lowest BCUT2D eigenvalue weighted by atomic mass is 10.2. The molecular formula is C18H19N5O4. The molecule has 3 aromatic rings. The van der Waals surface area contributed by atoms with Crippen molar-refractivity contribution in [1.29, 1.82) is 0 Å². The number of rotatable bonds is 7. The second kappa shape index (κ2) is 7.73. The van der Waals surface area contributed by atoms with Gasteiger partial charge < -0.3 is 25.1 Å². The Morgan fingerprint density at radius 1 is 1.30 bits per heavy atom. The zero-order valence-corrected chi connectivity index (χ0v) is 15.0. The zero-order chi connectivity index (χ0) is 19.4. The molecule has 0 unspecified atom stereocenters. The molecule has 9 nitrogen and oxygen atoms in total. The number of amides is 1. The number of hydrogen-bond acceptors (Lipinski definition) is 6. The lowest BCUT2D eigenvalue weighted by molar-refractivity contribution is -0.389. The van der Waals surface area contributed by atoms with Gasteiger partial charge in [-0.15, -0.1) is 0 Å². The second-order valence-corrected chi connectivity index (χ2v) is 6.05. The van der Waals surface area contributed by atoms with Crippen LogP contribution < -0.4 is 10.1 Å². The number of carbonyl (C=O) groups is 1. The fourth-order valence-corrected chi connectivity index (χ4v) is 2.48. The molecule has 1 aromatic carbocycles. The van der Waals surface area contributed by atoms with Gasteiger partial charge in [-0.25, -0.2) is 0 Å². The molecule has 0 fully saturated rings. The van der Waals surface area contributed by atoms with E-state index in [0.717, 1.165) is 5.56 Å². The van der Waals surface area contributed by atoms with Crippen molar-refractivity contribution in [2.24, 2.45) is 0 Å². The summed E-state index contributed by atoms with van der Waals surface area (Å²) >= 11 is 0. The number of likely N-dealkylation sites (N-methyl/N-ethyl adjacent to an activating group) is 1. The Balaban J connectivity index is 1.73. The van der Waals surface area contributed by atoms with Crippen molar-refractivity contribution >= 4 is 23.2 Å². The number of benzene rings is 1. The van der Waals surface area contributed by atoms with Crippen LogP contribution in [0.2, 0.25) is 0 Å². The molecule has 0 bridgehead atoms. The fourth-order valence-electron chi connectivity index (χ4n) is 2.48. The summed E-state index contributed by atoms with van der Waals surface area (Å²) < 4.78 is 6.91. The Kier molecular flexibility index (Phi) is 5.20. The molecule has 0 saturated carbocycles. The summed E-state index contributed by atoms with van der Waals surface area (Å²) in [5.41, 5.74) is 1.34. The summed E-state index contributed by atoms with van der Waals surface area (Å²) in [6.07, 6.45) is 1.60. The van der Waals surface area contributed by atoms with Gasteiger partial charge in [0.05, 0.1) is 6.20 Å². The first-order valence-corrected chi connectivity index (χ1v) is 8.23. The number of anilines is 1. The molecule has 1 amide bonds. The van der Waals surface area contributed by atoms with E-state index in [1.54, 1.807) is 56.7 Å². The Labute approximate surface area is 155 Å². The standard InChI is InChI=1S/C18H19N5O4/c1-21(2)16(24)12-27-14-7-5-6-13(10-14)11-19-17-18(23(25)26)22-9-4-3-8-15(22)20-17/h3-10,19H,11-12H2,1-2H3.